The molecule has 27 heteroatoms. The Kier molecular flexibility index (Phi) is 22.2. The summed E-state index contributed by atoms with van der Waals surface area (Å²) in [5.41, 5.74) is 4.22. The van der Waals surface area contributed by atoms with Gasteiger partial charge in [-0.1, -0.05) is 66.2 Å². The average Bonchev–Trinajstić information content (AvgIpc) is 1.61. The van der Waals surface area contributed by atoms with Gasteiger partial charge in [0, 0.05) is 35.4 Å². The normalized spacial score (nSPS) is 29.0. The summed E-state index contributed by atoms with van der Waals surface area (Å²) in [5.74, 6) is -9.32. The lowest BCUT2D eigenvalue weighted by Crippen LogP contribution is -2.71. The molecule has 1 heterocycles. The number of hydrogen-bond donors (Lipinski definition) is 11. The van der Waals surface area contributed by atoms with Crippen LogP contribution in [0.25, 0.3) is 0 Å². The third kappa shape index (κ3) is 14.7. The van der Waals surface area contributed by atoms with Crippen molar-refractivity contribution in [1.29, 1.82) is 0 Å². The summed E-state index contributed by atoms with van der Waals surface area (Å²) >= 11 is 0. The van der Waals surface area contributed by atoms with Gasteiger partial charge in [-0.05, 0) is 111 Å². The van der Waals surface area contributed by atoms with Crippen LogP contribution in [0.15, 0.2) is 48.1 Å². The number of carbonyl (C=O) groups excluding carboxylic acids is 9. The summed E-state index contributed by atoms with van der Waals surface area (Å²) in [6.45, 7) is 9.65. The topological polar surface area (TPSA) is 393 Å². The van der Waals surface area contributed by atoms with Crippen LogP contribution < -0.4 is 43.4 Å². The van der Waals surface area contributed by atoms with Crippen LogP contribution in [-0.4, -0.2) is 160 Å². The van der Waals surface area contributed by atoms with E-state index >= 15 is 8.78 Å². The van der Waals surface area contributed by atoms with E-state index in [4.69, 9.17) is 35.5 Å². The van der Waals surface area contributed by atoms with Crippen LogP contribution in [0.1, 0.15) is 118 Å². The molecule has 1 unspecified atom stereocenters. The van der Waals surface area contributed by atoms with E-state index in [1.54, 1.807) is 34.6 Å². The van der Waals surface area contributed by atoms with E-state index in [2.05, 4.69) is 31.9 Å². The fourth-order valence-corrected chi connectivity index (χ4v) is 12.9. The van der Waals surface area contributed by atoms with E-state index in [-0.39, 0.29) is 81.7 Å². The SMILES string of the molecule is CCCC1O[C@@H]2C[C@H]3[C@@H]4C[C@H](F)C5=CC(=O)C=C[C@]5(C)[C@@]4(F)[C@@H](O)C[C@]3(C)[C@]2(C(=O)COC(=O)[C@H](CC(C)C)NC(=O)[C@H](CO)NC(=O)OCc2ccc(NC(=O)[C@H](CCCNC(N)=O)NC(=O)[C@@H](NC(=O)[C@@H](N)CCC(=O)O)C(C)C)cc2)O1. The number of alkyl halides is 2. The maximum absolute atomic E-state index is 18.0. The van der Waals surface area contributed by atoms with Gasteiger partial charge in [-0.2, -0.15) is 0 Å². The summed E-state index contributed by atoms with van der Waals surface area (Å²) in [7, 11) is 0. The first-order chi connectivity index (χ1) is 39.9. The Hall–Kier alpha value is -6.94. The van der Waals surface area contributed by atoms with Gasteiger partial charge < -0.3 is 77.6 Å². The highest BCUT2D eigenvalue weighted by Gasteiger charge is 2.80. The van der Waals surface area contributed by atoms with E-state index in [0.717, 1.165) is 6.08 Å². The maximum Gasteiger partial charge on any atom is 0.408 e. The number of fused-ring (bicyclic) bond motifs is 7. The molecule has 1 aliphatic heterocycles. The Morgan fingerprint density at radius 2 is 1.55 bits per heavy atom. The third-order valence-corrected chi connectivity index (χ3v) is 17.3. The van der Waals surface area contributed by atoms with Crippen molar-refractivity contribution in [2.24, 2.45) is 46.0 Å². The molecule has 5 aliphatic rings. The van der Waals surface area contributed by atoms with Crippen molar-refractivity contribution in [2.45, 2.75) is 185 Å². The van der Waals surface area contributed by atoms with Crippen molar-refractivity contribution < 1.29 is 91.0 Å². The van der Waals surface area contributed by atoms with Crippen LogP contribution in [0.4, 0.5) is 24.1 Å². The van der Waals surface area contributed by atoms with Gasteiger partial charge >= 0.3 is 24.1 Å². The number of aliphatic hydroxyl groups excluding tert-OH is 2. The van der Waals surface area contributed by atoms with Gasteiger partial charge in [-0.15, -0.1) is 0 Å². The minimum absolute atomic E-state index is 0.00687. The van der Waals surface area contributed by atoms with Gasteiger partial charge in [0.1, 0.15) is 36.9 Å². The van der Waals surface area contributed by atoms with E-state index in [1.807, 2.05) is 6.92 Å². The molecule has 4 fully saturated rings. The van der Waals surface area contributed by atoms with Crippen LogP contribution in [0.5, 0.6) is 0 Å². The number of hydrogen-bond acceptors (Lipinski definition) is 17. The summed E-state index contributed by atoms with van der Waals surface area (Å²) in [6.07, 6.45) is -3.02. The van der Waals surface area contributed by atoms with Crippen molar-refractivity contribution >= 4 is 64.9 Å². The van der Waals surface area contributed by atoms with Crippen molar-refractivity contribution in [1.82, 2.24) is 26.6 Å². The number of amides is 7. The molecular formula is C58H82F2N8O17. The Balaban J connectivity index is 1.05. The standard InChI is InChI=1S/C58H82F2N8O17/c1-8-10-46-84-44-24-34-35-23-37(59)36-22-33(70)18-19-55(36,6)57(35,60)42(71)25-56(34,7)58(44,85-46)43(72)28-82-52(79)40(21-29(2)3)66-50(77)41(26-69)67-54(81)83-27-31-12-14-32(15-13-31)64-49(76)39(11-9-20-63-53(62)80)65-51(78)47(30(4)5)68-48(75)38(61)16-17-45(73)74/h12-15,18-19,22,29-30,34-35,37-42,44,46-47,69,71H,8-11,16-17,20-21,23-28,61H2,1-7H3,(H,64,76)(H,65,78)(H,66,77)(H,67,81)(H,68,75)(H,73,74)(H3,62,63,80)/t34-,35-,37-,38-,39-,40-,41-,42-,44+,46?,47-,55-,56-,57-,58+/m0/s1. The number of esters is 1. The lowest BCUT2D eigenvalue weighted by atomic mass is 9.44. The summed E-state index contributed by atoms with van der Waals surface area (Å²) < 4.78 is 58.0. The van der Waals surface area contributed by atoms with Gasteiger partial charge in [0.15, 0.2) is 29.9 Å². The molecule has 3 saturated carbocycles. The van der Waals surface area contributed by atoms with Gasteiger partial charge in [-0.25, -0.2) is 23.2 Å². The van der Waals surface area contributed by atoms with Crippen LogP contribution in [0, 0.1) is 34.5 Å². The van der Waals surface area contributed by atoms with Crippen LogP contribution in [-0.2, 0) is 63.9 Å². The molecule has 1 aromatic carbocycles. The zero-order chi connectivity index (χ0) is 62.9. The number of anilines is 1. The number of alkyl carbamates (subject to hydrolysis) is 1. The number of urea groups is 1. The van der Waals surface area contributed by atoms with Crippen molar-refractivity contribution in [3.8, 4) is 0 Å². The Morgan fingerprint density at radius 3 is 2.18 bits per heavy atom. The number of nitrogens with one attached hydrogen (secondary N) is 6. The maximum atomic E-state index is 18.0. The second-order valence-electron chi connectivity index (χ2n) is 23.9. The first-order valence-corrected chi connectivity index (χ1v) is 28.8. The number of allylic oxidation sites excluding steroid dienone is 4. The number of rotatable bonds is 28. The Bertz CT molecular complexity index is 2750. The number of primary amides is 1. The van der Waals surface area contributed by atoms with Gasteiger partial charge in [0.2, 0.25) is 29.4 Å². The first-order valence-electron chi connectivity index (χ1n) is 28.8. The summed E-state index contributed by atoms with van der Waals surface area (Å²) in [5, 5.41) is 46.1. The minimum Gasteiger partial charge on any atom is -0.481 e. The second-order valence-corrected chi connectivity index (χ2v) is 23.9. The minimum atomic E-state index is -2.45. The van der Waals surface area contributed by atoms with E-state index in [1.165, 1.54) is 43.3 Å². The molecule has 0 spiro atoms. The molecule has 7 amide bonds. The fraction of sp³-hybridized carbons (Fsp3) is 0.655. The first kappa shape index (κ1) is 67.2. The zero-order valence-corrected chi connectivity index (χ0v) is 48.9. The molecule has 13 N–H and O–H groups in total. The molecule has 85 heavy (non-hydrogen) atoms. The smallest absolute Gasteiger partial charge is 0.408 e. The number of aliphatic carboxylic acids is 1. The Labute approximate surface area is 491 Å². The predicted octanol–water partition coefficient (Wildman–Crippen LogP) is 2.33. The monoisotopic (exact) mass is 1200 g/mol. The number of nitrogens with two attached hydrogens (primary N) is 2. The molecule has 470 valence electrons. The van der Waals surface area contributed by atoms with E-state index < -0.39 is 167 Å². The van der Waals surface area contributed by atoms with E-state index in [0.29, 0.717) is 18.4 Å². The summed E-state index contributed by atoms with van der Waals surface area (Å²) in [6, 6.07) is -1.55. The number of ketones is 2. The number of Topliss-reactive ketones (excluding diaryl/α,β-unsaturated/α-hetero) is 1. The summed E-state index contributed by atoms with van der Waals surface area (Å²) in [4.78, 5) is 130. The second kappa shape index (κ2) is 28.1. The molecule has 1 saturated heterocycles. The lowest BCUT2D eigenvalue weighted by Gasteiger charge is -2.63. The molecule has 25 nitrogen and oxygen atoms in total. The van der Waals surface area contributed by atoms with E-state index in [9.17, 15) is 58.2 Å². The average molecular weight is 1200 g/mol. The highest BCUT2D eigenvalue weighted by Crippen LogP contribution is 2.72. The van der Waals surface area contributed by atoms with Crippen LogP contribution in [0.3, 0.4) is 0 Å². The molecule has 1 aromatic rings. The highest BCUT2D eigenvalue weighted by atomic mass is 19.1. The third-order valence-electron chi connectivity index (χ3n) is 17.3. The van der Waals surface area contributed by atoms with Gasteiger partial charge in [-0.3, -0.25) is 33.6 Å². The molecule has 0 aromatic heterocycles. The van der Waals surface area contributed by atoms with Gasteiger partial charge in [0.25, 0.3) is 0 Å². The largest absolute Gasteiger partial charge is 0.481 e. The molecule has 4 aliphatic carbocycles. The highest BCUT2D eigenvalue weighted by molar-refractivity contribution is 6.02. The van der Waals surface area contributed by atoms with Crippen molar-refractivity contribution in [2.75, 3.05) is 25.1 Å². The number of carboxylic acids is 1. The number of benzene rings is 1. The number of aliphatic hydroxyl groups is 2. The molecule has 0 bridgehead atoms. The predicted molar refractivity (Wildman–Crippen MR) is 298 cm³/mol. The molecule has 15 atom stereocenters. The number of ether oxygens (including phenoxy) is 4. The van der Waals surface area contributed by atoms with Crippen molar-refractivity contribution in [3.63, 3.8) is 0 Å². The van der Waals surface area contributed by atoms with Crippen molar-refractivity contribution in [3.05, 3.63) is 53.6 Å². The lowest BCUT2D eigenvalue weighted by molar-refractivity contribution is -0.235. The molecular weight excluding hydrogens is 1120 g/mol. The number of carbonyl (C=O) groups is 10. The van der Waals surface area contributed by atoms with Crippen LogP contribution >= 0.6 is 0 Å². The molecule has 0 radical (unpaired) electrons. The zero-order valence-electron chi connectivity index (χ0n) is 48.9. The Morgan fingerprint density at radius 1 is 0.871 bits per heavy atom. The molecule has 6 rings (SSSR count). The van der Waals surface area contributed by atoms with Crippen LogP contribution in [0.2, 0.25) is 0 Å². The van der Waals surface area contributed by atoms with Gasteiger partial charge in [0.05, 0.1) is 24.9 Å². The number of halogens is 2. The fourth-order valence-electron chi connectivity index (χ4n) is 12.9. The number of carboxylic acid groups (broad SMARTS) is 1. The quantitative estimate of drug-likeness (QED) is 0.0424.